The number of carbonyl (C=O) groups is 2. The fourth-order valence-corrected chi connectivity index (χ4v) is 2.11. The number of hydrogen-bond donors (Lipinski definition) is 0. The molecule has 0 bridgehead atoms. The van der Waals surface area contributed by atoms with Gasteiger partial charge in [-0.05, 0) is 32.9 Å². The summed E-state index contributed by atoms with van der Waals surface area (Å²) in [6.45, 7) is 6.01. The molecule has 0 saturated carbocycles. The Morgan fingerprint density at radius 1 is 1.00 bits per heavy atom. The number of methoxy groups -OCH3 is 2. The highest BCUT2D eigenvalue weighted by Crippen LogP contribution is 2.32. The van der Waals surface area contributed by atoms with Crippen LogP contribution in [0.25, 0.3) is 0 Å². The van der Waals surface area contributed by atoms with Crippen molar-refractivity contribution < 1.29 is 28.5 Å². The zero-order valence-corrected chi connectivity index (χ0v) is 15.3. The van der Waals surface area contributed by atoms with Crippen LogP contribution in [0.1, 0.15) is 20.8 Å². The second-order valence-corrected chi connectivity index (χ2v) is 4.81. The summed E-state index contributed by atoms with van der Waals surface area (Å²) in [5, 5.41) is 0. The maximum atomic E-state index is 12.1. The lowest BCUT2D eigenvalue weighted by molar-refractivity contribution is -0.146. The van der Waals surface area contributed by atoms with Crippen LogP contribution in [0.2, 0.25) is 0 Å². The minimum atomic E-state index is -0.735. The molecule has 1 rings (SSSR count). The fourth-order valence-electron chi connectivity index (χ4n) is 2.11. The highest BCUT2D eigenvalue weighted by molar-refractivity contribution is 6.14. The normalized spacial score (nSPS) is 9.80. The highest BCUT2D eigenvalue weighted by Gasteiger charge is 2.23. The molecule has 0 heterocycles. The number of hydrogen-bond acceptors (Lipinski definition) is 7. The maximum absolute atomic E-state index is 12.1. The topological polar surface area (TPSA) is 74.3 Å². The molecule has 7 nitrogen and oxygen atoms in total. The third-order valence-corrected chi connectivity index (χ3v) is 3.31. The van der Waals surface area contributed by atoms with Crippen LogP contribution in [0.15, 0.2) is 30.0 Å². The van der Waals surface area contributed by atoms with E-state index in [1.54, 1.807) is 51.2 Å². The van der Waals surface area contributed by atoms with Gasteiger partial charge in [0.2, 0.25) is 0 Å². The Labute approximate surface area is 148 Å². The van der Waals surface area contributed by atoms with Gasteiger partial charge in [0, 0.05) is 18.8 Å². The summed E-state index contributed by atoms with van der Waals surface area (Å²) >= 11 is 0. The van der Waals surface area contributed by atoms with Gasteiger partial charge < -0.3 is 23.8 Å². The zero-order chi connectivity index (χ0) is 18.8. The number of nitrogens with zero attached hydrogens (tertiary/aromatic N) is 1. The third-order valence-electron chi connectivity index (χ3n) is 3.31. The summed E-state index contributed by atoms with van der Waals surface area (Å²) in [4.78, 5) is 26.0. The molecule has 0 aromatic heterocycles. The Balaban J connectivity index is 3.36. The lowest BCUT2D eigenvalue weighted by atomic mass is 10.2. The monoisotopic (exact) mass is 351 g/mol. The van der Waals surface area contributed by atoms with Gasteiger partial charge in [-0.2, -0.15) is 0 Å². The summed E-state index contributed by atoms with van der Waals surface area (Å²) in [6.07, 6.45) is 1.41. The van der Waals surface area contributed by atoms with Crippen LogP contribution in [0.5, 0.6) is 11.5 Å². The van der Waals surface area contributed by atoms with E-state index in [1.807, 2.05) is 6.92 Å². The zero-order valence-electron chi connectivity index (χ0n) is 15.3. The molecule has 0 amide bonds. The van der Waals surface area contributed by atoms with Crippen molar-refractivity contribution in [2.75, 3.05) is 38.9 Å². The molecule has 0 spiro atoms. The van der Waals surface area contributed by atoms with Gasteiger partial charge in [0.1, 0.15) is 11.5 Å². The summed E-state index contributed by atoms with van der Waals surface area (Å²) in [7, 11) is 3.10. The molecule has 0 aliphatic rings. The number of carbonyl (C=O) groups excluding carboxylic acids is 2. The summed E-state index contributed by atoms with van der Waals surface area (Å²) in [5.74, 6) is -0.273. The van der Waals surface area contributed by atoms with Crippen LogP contribution >= 0.6 is 0 Å². The maximum Gasteiger partial charge on any atom is 0.347 e. The molecule has 0 aliphatic carbocycles. The van der Waals surface area contributed by atoms with E-state index in [1.165, 1.54) is 6.20 Å². The summed E-state index contributed by atoms with van der Waals surface area (Å²) < 4.78 is 20.5. The first-order chi connectivity index (χ1) is 12.0. The molecular formula is C18H25NO6. The van der Waals surface area contributed by atoms with Crippen LogP contribution < -0.4 is 14.4 Å². The Morgan fingerprint density at radius 3 is 2.04 bits per heavy atom. The van der Waals surface area contributed by atoms with Crippen LogP contribution in [-0.4, -0.2) is 45.9 Å². The number of ether oxygens (including phenoxy) is 4. The van der Waals surface area contributed by atoms with Crippen molar-refractivity contribution in [3.8, 4) is 11.5 Å². The molecular weight excluding hydrogens is 326 g/mol. The van der Waals surface area contributed by atoms with Gasteiger partial charge in [0.05, 0.1) is 33.1 Å². The molecule has 138 valence electrons. The third kappa shape index (κ3) is 5.41. The van der Waals surface area contributed by atoms with Crippen molar-refractivity contribution >= 4 is 17.6 Å². The molecule has 0 N–H and O–H groups in total. The van der Waals surface area contributed by atoms with E-state index in [0.717, 1.165) is 0 Å². The van der Waals surface area contributed by atoms with Gasteiger partial charge in [-0.15, -0.1) is 0 Å². The van der Waals surface area contributed by atoms with E-state index in [4.69, 9.17) is 18.9 Å². The van der Waals surface area contributed by atoms with Crippen molar-refractivity contribution in [3.05, 3.63) is 30.0 Å². The quantitative estimate of drug-likeness (QED) is 0.293. The fraction of sp³-hybridized carbons (Fsp3) is 0.444. The van der Waals surface area contributed by atoms with E-state index in [-0.39, 0.29) is 18.8 Å². The van der Waals surface area contributed by atoms with Crippen LogP contribution in [-0.2, 0) is 19.1 Å². The number of benzene rings is 1. The van der Waals surface area contributed by atoms with Crippen molar-refractivity contribution in [2.24, 2.45) is 0 Å². The Bertz CT molecular complexity index is 606. The van der Waals surface area contributed by atoms with Gasteiger partial charge in [0.25, 0.3) is 0 Å². The van der Waals surface area contributed by atoms with E-state index in [0.29, 0.717) is 23.7 Å². The molecule has 7 heteroatoms. The number of esters is 2. The second-order valence-electron chi connectivity index (χ2n) is 4.81. The van der Waals surface area contributed by atoms with E-state index in [2.05, 4.69) is 0 Å². The largest absolute Gasteiger partial charge is 0.497 e. The second kappa shape index (κ2) is 10.2. The van der Waals surface area contributed by atoms with E-state index >= 15 is 0 Å². The van der Waals surface area contributed by atoms with Crippen molar-refractivity contribution in [1.82, 2.24) is 0 Å². The molecule has 0 aliphatic heterocycles. The molecule has 1 aromatic rings. The van der Waals surface area contributed by atoms with E-state index < -0.39 is 11.9 Å². The van der Waals surface area contributed by atoms with E-state index in [9.17, 15) is 9.59 Å². The smallest absolute Gasteiger partial charge is 0.347 e. The molecule has 1 aromatic carbocycles. The first-order valence-corrected chi connectivity index (χ1v) is 8.06. The average Bonchev–Trinajstić information content (AvgIpc) is 2.62. The minimum Gasteiger partial charge on any atom is -0.497 e. The van der Waals surface area contributed by atoms with Crippen LogP contribution in [0.3, 0.4) is 0 Å². The highest BCUT2D eigenvalue weighted by atomic mass is 16.6. The minimum absolute atomic E-state index is 0.157. The SMILES string of the molecule is CCOC(=O)C(=CN(CC)c1cc(OC)ccc1OC)C(=O)OCC. The number of rotatable bonds is 9. The molecule has 0 radical (unpaired) electrons. The first-order valence-electron chi connectivity index (χ1n) is 8.06. The standard InChI is InChI=1S/C18H25NO6/c1-6-19(15-11-13(22-4)9-10-16(15)23-5)12-14(17(20)24-7-2)18(21)25-8-3/h9-12H,6-8H2,1-5H3. The summed E-state index contributed by atoms with van der Waals surface area (Å²) in [6, 6.07) is 5.27. The van der Waals surface area contributed by atoms with Crippen molar-refractivity contribution in [1.29, 1.82) is 0 Å². The lowest BCUT2D eigenvalue weighted by Crippen LogP contribution is -2.24. The van der Waals surface area contributed by atoms with Crippen molar-refractivity contribution in [3.63, 3.8) is 0 Å². The van der Waals surface area contributed by atoms with Crippen LogP contribution in [0.4, 0.5) is 5.69 Å². The van der Waals surface area contributed by atoms with Gasteiger partial charge in [-0.1, -0.05) is 0 Å². The average molecular weight is 351 g/mol. The Hall–Kier alpha value is -2.70. The van der Waals surface area contributed by atoms with Crippen LogP contribution in [0, 0.1) is 0 Å². The van der Waals surface area contributed by atoms with Gasteiger partial charge >= 0.3 is 11.9 Å². The van der Waals surface area contributed by atoms with Gasteiger partial charge in [-0.25, -0.2) is 9.59 Å². The van der Waals surface area contributed by atoms with Gasteiger partial charge in [-0.3, -0.25) is 0 Å². The predicted molar refractivity (Wildman–Crippen MR) is 93.9 cm³/mol. The predicted octanol–water partition coefficient (Wildman–Crippen LogP) is 2.54. The Morgan fingerprint density at radius 2 is 1.60 bits per heavy atom. The van der Waals surface area contributed by atoms with Crippen molar-refractivity contribution in [2.45, 2.75) is 20.8 Å². The Kier molecular flexibility index (Phi) is 8.32. The van der Waals surface area contributed by atoms with Gasteiger partial charge in [0.15, 0.2) is 5.57 Å². The molecule has 0 unspecified atom stereocenters. The molecule has 0 atom stereocenters. The molecule has 25 heavy (non-hydrogen) atoms. The summed E-state index contributed by atoms with van der Waals surface area (Å²) in [5.41, 5.74) is 0.464. The molecule has 0 saturated heterocycles. The number of anilines is 1. The molecule has 0 fully saturated rings. The lowest BCUT2D eigenvalue weighted by Gasteiger charge is -2.22. The first kappa shape index (κ1) is 20.3.